The highest BCUT2D eigenvalue weighted by molar-refractivity contribution is 5.86. The van der Waals surface area contributed by atoms with Gasteiger partial charge in [-0.05, 0) is 58.6 Å². The Hall–Kier alpha value is -3.33. The van der Waals surface area contributed by atoms with E-state index in [0.29, 0.717) is 43.7 Å². The average molecular weight is 412 g/mol. The fourth-order valence-corrected chi connectivity index (χ4v) is 3.16. The van der Waals surface area contributed by atoms with E-state index < -0.39 is 23.8 Å². The molecule has 1 saturated heterocycles. The van der Waals surface area contributed by atoms with E-state index in [9.17, 15) is 14.9 Å². The molecule has 2 heterocycles. The van der Waals surface area contributed by atoms with E-state index in [1.165, 1.54) is 11.1 Å². The number of pyridine rings is 1. The fraction of sp³-hybridized carbons (Fsp3) is 0.571. The van der Waals surface area contributed by atoms with Gasteiger partial charge in [-0.3, -0.25) is 4.79 Å². The lowest BCUT2D eigenvalue weighted by Crippen LogP contribution is -2.50. The Labute approximate surface area is 177 Å². The molecule has 0 spiro atoms. The van der Waals surface area contributed by atoms with Gasteiger partial charge in [0.05, 0.1) is 11.6 Å². The van der Waals surface area contributed by atoms with Crippen LogP contribution in [0.15, 0.2) is 18.3 Å². The molecule has 1 aliphatic rings. The van der Waals surface area contributed by atoms with Gasteiger partial charge in [0.1, 0.15) is 29.6 Å². The minimum Gasteiger partial charge on any atom is -0.444 e. The molecule has 2 atom stereocenters. The van der Waals surface area contributed by atoms with Gasteiger partial charge in [-0.15, -0.1) is 0 Å². The average Bonchev–Trinajstić information content (AvgIpc) is 3.17. The lowest BCUT2D eigenvalue weighted by Gasteiger charge is -2.27. The highest BCUT2D eigenvalue weighted by Gasteiger charge is 2.34. The molecule has 0 unspecified atom stereocenters. The predicted molar refractivity (Wildman–Crippen MR) is 110 cm³/mol. The molecule has 0 bridgehead atoms. The number of hydrogen-bond acceptors (Lipinski definition) is 7. The Kier molecular flexibility index (Phi) is 7.99. The van der Waals surface area contributed by atoms with Crippen LogP contribution in [0.1, 0.15) is 52.0 Å². The van der Waals surface area contributed by atoms with Crippen LogP contribution in [0.2, 0.25) is 0 Å². The maximum absolute atomic E-state index is 13.0. The minimum absolute atomic E-state index is 0.263. The number of hydrogen-bond donors (Lipinski definition) is 2. The summed E-state index contributed by atoms with van der Waals surface area (Å²) in [7, 11) is 0. The highest BCUT2D eigenvalue weighted by Crippen LogP contribution is 2.19. The first-order valence-electron chi connectivity index (χ1n) is 10.0. The van der Waals surface area contributed by atoms with Crippen LogP contribution in [0.25, 0.3) is 0 Å². The van der Waals surface area contributed by atoms with E-state index in [2.05, 4.69) is 21.7 Å². The zero-order chi connectivity index (χ0) is 22.1. The number of aromatic nitrogens is 1. The first kappa shape index (κ1) is 23.0. The summed E-state index contributed by atoms with van der Waals surface area (Å²) in [5.74, 6) is 0.363. The maximum atomic E-state index is 13.0. The maximum Gasteiger partial charge on any atom is 0.408 e. The third-order valence-corrected chi connectivity index (χ3v) is 4.54. The van der Waals surface area contributed by atoms with Crippen molar-refractivity contribution in [3.05, 3.63) is 23.9 Å². The number of nitriles is 2. The molecule has 0 aromatic carbocycles. The lowest BCUT2D eigenvalue weighted by molar-refractivity contribution is -0.133. The van der Waals surface area contributed by atoms with E-state index >= 15 is 0 Å². The van der Waals surface area contributed by atoms with E-state index in [-0.39, 0.29) is 5.91 Å². The van der Waals surface area contributed by atoms with Crippen molar-refractivity contribution in [2.24, 2.45) is 0 Å². The van der Waals surface area contributed by atoms with Gasteiger partial charge in [0.25, 0.3) is 0 Å². The fourth-order valence-electron chi connectivity index (χ4n) is 3.16. The molecule has 0 radical (unpaired) electrons. The van der Waals surface area contributed by atoms with Crippen LogP contribution in [0, 0.1) is 22.7 Å². The molecule has 9 heteroatoms. The number of carbonyl (C=O) groups is 2. The van der Waals surface area contributed by atoms with Gasteiger partial charge in [-0.25, -0.2) is 9.78 Å². The lowest BCUT2D eigenvalue weighted by atomic mass is 10.1. The van der Waals surface area contributed by atoms with Crippen molar-refractivity contribution in [3.8, 4) is 12.1 Å². The summed E-state index contributed by atoms with van der Waals surface area (Å²) >= 11 is 0. The van der Waals surface area contributed by atoms with Gasteiger partial charge >= 0.3 is 6.09 Å². The van der Waals surface area contributed by atoms with Gasteiger partial charge in [0, 0.05) is 19.3 Å². The second-order valence-electron chi connectivity index (χ2n) is 8.13. The molecule has 30 heavy (non-hydrogen) atoms. The monoisotopic (exact) mass is 412 g/mol. The normalized spacial score (nSPS) is 16.8. The predicted octanol–water partition coefficient (Wildman–Crippen LogP) is 2.55. The van der Waals surface area contributed by atoms with E-state index in [1.807, 2.05) is 6.07 Å². The summed E-state index contributed by atoms with van der Waals surface area (Å²) in [4.78, 5) is 30.9. The van der Waals surface area contributed by atoms with Crippen LogP contribution < -0.4 is 10.6 Å². The van der Waals surface area contributed by atoms with E-state index in [4.69, 9.17) is 10.00 Å². The molecule has 9 nitrogen and oxygen atoms in total. The number of ether oxygens (including phenoxy) is 1. The molecule has 1 fully saturated rings. The molecule has 1 aromatic heterocycles. The van der Waals surface area contributed by atoms with Gasteiger partial charge in [0.2, 0.25) is 5.91 Å². The van der Waals surface area contributed by atoms with Crippen molar-refractivity contribution in [1.29, 1.82) is 10.5 Å². The Morgan fingerprint density at radius 2 is 2.13 bits per heavy atom. The summed E-state index contributed by atoms with van der Waals surface area (Å²) < 4.78 is 5.29. The zero-order valence-corrected chi connectivity index (χ0v) is 17.6. The van der Waals surface area contributed by atoms with Crippen molar-refractivity contribution in [1.82, 2.24) is 15.2 Å². The SMILES string of the molecule is CC(C)(C)OC(=O)N[C@@H](CCCNc1ccc(C#N)cn1)C(=O)N1CCC[C@H]1C#N. The Morgan fingerprint density at radius 3 is 2.73 bits per heavy atom. The summed E-state index contributed by atoms with van der Waals surface area (Å²) in [5, 5.41) is 23.9. The van der Waals surface area contributed by atoms with Crippen LogP contribution in [0.5, 0.6) is 0 Å². The summed E-state index contributed by atoms with van der Waals surface area (Å²) in [5.41, 5.74) is -0.200. The number of nitrogens with one attached hydrogen (secondary N) is 2. The summed E-state index contributed by atoms with van der Waals surface area (Å²) in [6, 6.07) is 6.32. The van der Waals surface area contributed by atoms with E-state index in [0.717, 1.165) is 6.42 Å². The Bertz CT molecular complexity index is 819. The topological polar surface area (TPSA) is 131 Å². The standard InChI is InChI=1S/C21H28N6O3/c1-21(2,3)30-20(29)26-17(19(28)27-11-5-6-16(27)13-23)7-4-10-24-18-9-8-15(12-22)14-25-18/h8-9,14,16-17H,4-7,10-11H2,1-3H3,(H,24,25)(H,26,29)/t16-,17-/m0/s1. The highest BCUT2D eigenvalue weighted by atomic mass is 16.6. The zero-order valence-electron chi connectivity index (χ0n) is 17.6. The van der Waals surface area contributed by atoms with Crippen molar-refractivity contribution in [3.63, 3.8) is 0 Å². The smallest absolute Gasteiger partial charge is 0.408 e. The molecule has 1 aliphatic heterocycles. The van der Waals surface area contributed by atoms with Gasteiger partial charge in [-0.1, -0.05) is 0 Å². The van der Waals surface area contributed by atoms with Crippen LogP contribution in [-0.4, -0.2) is 52.7 Å². The third kappa shape index (κ3) is 6.93. The van der Waals surface area contributed by atoms with Crippen LogP contribution in [0.3, 0.4) is 0 Å². The van der Waals surface area contributed by atoms with Gasteiger partial charge in [-0.2, -0.15) is 10.5 Å². The molecule has 2 N–H and O–H groups in total. The number of amides is 2. The molecule has 2 amide bonds. The molecule has 2 rings (SSSR count). The van der Waals surface area contributed by atoms with Crippen LogP contribution >= 0.6 is 0 Å². The van der Waals surface area contributed by atoms with Crippen molar-refractivity contribution >= 4 is 17.8 Å². The molecular weight excluding hydrogens is 384 g/mol. The van der Waals surface area contributed by atoms with Crippen LogP contribution in [-0.2, 0) is 9.53 Å². The van der Waals surface area contributed by atoms with Gasteiger partial charge in [0.15, 0.2) is 0 Å². The number of nitrogens with zero attached hydrogens (tertiary/aromatic N) is 4. The Morgan fingerprint density at radius 1 is 1.37 bits per heavy atom. The molecule has 160 valence electrons. The number of carbonyl (C=O) groups excluding carboxylic acids is 2. The second-order valence-corrected chi connectivity index (χ2v) is 8.13. The molecule has 0 aliphatic carbocycles. The number of likely N-dealkylation sites (tertiary alicyclic amines) is 1. The largest absolute Gasteiger partial charge is 0.444 e. The molecular formula is C21H28N6O3. The van der Waals surface area contributed by atoms with Crippen LogP contribution in [0.4, 0.5) is 10.6 Å². The first-order valence-corrected chi connectivity index (χ1v) is 10.0. The van der Waals surface area contributed by atoms with Crippen molar-refractivity contribution in [2.45, 2.75) is 64.1 Å². The quantitative estimate of drug-likeness (QED) is 0.658. The number of anilines is 1. The molecule has 1 aromatic rings. The number of rotatable bonds is 7. The Balaban J connectivity index is 1.96. The van der Waals surface area contributed by atoms with E-state index in [1.54, 1.807) is 32.9 Å². The number of alkyl carbamates (subject to hydrolysis) is 1. The second kappa shape index (κ2) is 10.4. The molecule has 0 saturated carbocycles. The van der Waals surface area contributed by atoms with Gasteiger partial charge < -0.3 is 20.3 Å². The summed E-state index contributed by atoms with van der Waals surface area (Å²) in [6.45, 7) is 6.30. The third-order valence-electron chi connectivity index (χ3n) is 4.54. The minimum atomic E-state index is -0.774. The van der Waals surface area contributed by atoms with Crippen molar-refractivity contribution < 1.29 is 14.3 Å². The summed E-state index contributed by atoms with van der Waals surface area (Å²) in [6.07, 6.45) is 3.21. The van der Waals surface area contributed by atoms with Crippen molar-refractivity contribution in [2.75, 3.05) is 18.4 Å². The first-order chi connectivity index (χ1) is 14.2.